The van der Waals surface area contributed by atoms with Gasteiger partial charge in [-0.15, -0.1) is 0 Å². The van der Waals surface area contributed by atoms with E-state index in [4.69, 9.17) is 0 Å². The van der Waals surface area contributed by atoms with Crippen LogP contribution in [0.3, 0.4) is 0 Å². The highest BCUT2D eigenvalue weighted by Gasteiger charge is 2.24. The van der Waals surface area contributed by atoms with Crippen LogP contribution in [0, 0.1) is 0 Å². The van der Waals surface area contributed by atoms with Crippen LogP contribution in [-0.2, 0) is 6.42 Å². The smallest absolute Gasteiger partial charge is 0.00132 e. The van der Waals surface area contributed by atoms with Gasteiger partial charge in [0.2, 0.25) is 0 Å². The molecule has 0 heterocycles. The average molecular weight is 721 g/mol. The summed E-state index contributed by atoms with van der Waals surface area (Å²) in [5, 5.41) is 12.8. The predicted molar refractivity (Wildman–Crippen MR) is 244 cm³/mol. The summed E-state index contributed by atoms with van der Waals surface area (Å²) in [6, 6.07) is 76.9. The molecule has 0 amide bonds. The normalized spacial score (nSPS) is 12.1. The van der Waals surface area contributed by atoms with Gasteiger partial charge in [0.1, 0.15) is 0 Å². The number of benzene rings is 11. The molecule has 0 saturated heterocycles. The van der Waals surface area contributed by atoms with Gasteiger partial charge in [-0.1, -0.05) is 200 Å². The van der Waals surface area contributed by atoms with Gasteiger partial charge in [0, 0.05) is 0 Å². The Bertz CT molecular complexity index is 3330. The first-order valence-electron chi connectivity index (χ1n) is 20.0. The third-order valence-corrected chi connectivity index (χ3v) is 12.5. The van der Waals surface area contributed by atoms with Crippen LogP contribution < -0.4 is 0 Å². The maximum absolute atomic E-state index is 2.45. The molecule has 0 fully saturated rings. The minimum Gasteiger partial charge on any atom is -0.0622 e. The fraction of sp³-hybridized carbons (Fsp3) is 0.0175. The molecule has 11 aromatic carbocycles. The Kier molecular flexibility index (Phi) is 7.09. The predicted octanol–water partition coefficient (Wildman–Crippen LogP) is 15.7. The Hall–Kier alpha value is -7.28. The molecule has 0 radical (unpaired) electrons. The largest absolute Gasteiger partial charge is 0.0622 e. The molecule has 0 aromatic heterocycles. The molecule has 264 valence electrons. The zero-order valence-corrected chi connectivity index (χ0v) is 31.3. The SMILES string of the molecule is c1ccc(-c2cccc(-c3ccc4c(c3)Cc3ccccc3-4)c2-c2c3ccccc3c(-c3ccc4c5ccccc5c5ccccc5c4c3)c3ccccc23)cc1. The fourth-order valence-electron chi connectivity index (χ4n) is 10.0. The van der Waals surface area contributed by atoms with Gasteiger partial charge in [-0.3, -0.25) is 0 Å². The van der Waals surface area contributed by atoms with Crippen LogP contribution in [0.1, 0.15) is 11.1 Å². The molecule has 12 rings (SSSR count). The van der Waals surface area contributed by atoms with Crippen LogP contribution in [0.25, 0.3) is 109 Å². The Morgan fingerprint density at radius 1 is 0.211 bits per heavy atom. The molecule has 11 aromatic rings. The minimum absolute atomic E-state index is 0.963. The summed E-state index contributed by atoms with van der Waals surface area (Å²) in [5.74, 6) is 0. The number of hydrogen-bond acceptors (Lipinski definition) is 0. The van der Waals surface area contributed by atoms with Crippen LogP contribution in [0.5, 0.6) is 0 Å². The van der Waals surface area contributed by atoms with E-state index in [9.17, 15) is 0 Å². The van der Waals surface area contributed by atoms with E-state index in [-0.39, 0.29) is 0 Å². The average Bonchev–Trinajstić information content (AvgIpc) is 3.66. The number of hydrogen-bond donors (Lipinski definition) is 0. The Morgan fingerprint density at radius 3 is 1.32 bits per heavy atom. The summed E-state index contributed by atoms with van der Waals surface area (Å²) in [6.07, 6.45) is 0.963. The molecule has 0 saturated carbocycles. The van der Waals surface area contributed by atoms with Crippen molar-refractivity contribution >= 4 is 53.9 Å². The highest BCUT2D eigenvalue weighted by molar-refractivity contribution is 6.28. The van der Waals surface area contributed by atoms with Crippen molar-refractivity contribution in [3.63, 3.8) is 0 Å². The van der Waals surface area contributed by atoms with Crippen molar-refractivity contribution in [2.45, 2.75) is 6.42 Å². The van der Waals surface area contributed by atoms with E-state index in [1.54, 1.807) is 0 Å². The second kappa shape index (κ2) is 12.6. The first kappa shape index (κ1) is 32.0. The lowest BCUT2D eigenvalue weighted by Gasteiger charge is -2.23. The summed E-state index contributed by atoms with van der Waals surface area (Å²) >= 11 is 0. The van der Waals surface area contributed by atoms with E-state index >= 15 is 0 Å². The van der Waals surface area contributed by atoms with E-state index in [1.165, 1.54) is 121 Å². The van der Waals surface area contributed by atoms with E-state index in [0.29, 0.717) is 0 Å². The third-order valence-electron chi connectivity index (χ3n) is 12.5. The fourth-order valence-corrected chi connectivity index (χ4v) is 10.0. The summed E-state index contributed by atoms with van der Waals surface area (Å²) in [5.41, 5.74) is 15.5. The molecule has 0 unspecified atom stereocenters. The zero-order chi connectivity index (χ0) is 37.5. The topological polar surface area (TPSA) is 0 Å². The van der Waals surface area contributed by atoms with Gasteiger partial charge in [0.25, 0.3) is 0 Å². The number of fused-ring (bicyclic) bond motifs is 11. The van der Waals surface area contributed by atoms with Crippen LogP contribution in [0.4, 0.5) is 0 Å². The second-order valence-corrected chi connectivity index (χ2v) is 15.5. The molecule has 0 heteroatoms. The second-order valence-electron chi connectivity index (χ2n) is 15.5. The van der Waals surface area contributed by atoms with Gasteiger partial charge in [0.15, 0.2) is 0 Å². The van der Waals surface area contributed by atoms with E-state index in [1.807, 2.05) is 0 Å². The molecule has 0 bridgehead atoms. The molecular formula is C57H36. The Labute approximate surface area is 331 Å². The molecule has 0 aliphatic heterocycles. The van der Waals surface area contributed by atoms with Crippen LogP contribution in [-0.4, -0.2) is 0 Å². The first-order valence-corrected chi connectivity index (χ1v) is 20.0. The lowest BCUT2D eigenvalue weighted by molar-refractivity contribution is 1.26. The monoisotopic (exact) mass is 720 g/mol. The van der Waals surface area contributed by atoms with Gasteiger partial charge in [-0.05, 0) is 133 Å². The van der Waals surface area contributed by atoms with Crippen LogP contribution in [0.2, 0.25) is 0 Å². The van der Waals surface area contributed by atoms with Gasteiger partial charge in [-0.2, -0.15) is 0 Å². The lowest BCUT2D eigenvalue weighted by atomic mass is 9.80. The minimum atomic E-state index is 0.963. The maximum atomic E-state index is 2.45. The van der Waals surface area contributed by atoms with Gasteiger partial charge >= 0.3 is 0 Å². The van der Waals surface area contributed by atoms with Crippen molar-refractivity contribution in [2.24, 2.45) is 0 Å². The van der Waals surface area contributed by atoms with Crippen molar-refractivity contribution < 1.29 is 0 Å². The quantitative estimate of drug-likeness (QED) is 0.125. The van der Waals surface area contributed by atoms with Crippen molar-refractivity contribution in [2.75, 3.05) is 0 Å². The van der Waals surface area contributed by atoms with Gasteiger partial charge in [-0.25, -0.2) is 0 Å². The summed E-state index contributed by atoms with van der Waals surface area (Å²) < 4.78 is 0. The van der Waals surface area contributed by atoms with Crippen molar-refractivity contribution in [1.82, 2.24) is 0 Å². The van der Waals surface area contributed by atoms with Crippen molar-refractivity contribution in [3.8, 4) is 55.6 Å². The first-order chi connectivity index (χ1) is 28.3. The van der Waals surface area contributed by atoms with E-state index < -0.39 is 0 Å². The molecule has 0 spiro atoms. The summed E-state index contributed by atoms with van der Waals surface area (Å²) in [6.45, 7) is 0. The Morgan fingerprint density at radius 2 is 0.667 bits per heavy atom. The molecule has 0 nitrogen and oxygen atoms in total. The van der Waals surface area contributed by atoms with E-state index in [2.05, 4.69) is 206 Å². The molecule has 0 atom stereocenters. The van der Waals surface area contributed by atoms with Gasteiger partial charge < -0.3 is 0 Å². The highest BCUT2D eigenvalue weighted by atomic mass is 14.3. The standard InChI is InChI=1S/C57H36/c1-2-15-36(16-3-1)43-27-14-28-44(38-29-31-42-40(34-38)33-37-17-4-5-18-41(37)42)56(43)57-52-25-12-10-23-50(52)55(51-24-11-13-26-53(51)57)39-30-32-49-47-21-7-6-19-45(47)46-20-8-9-22-48(46)54(49)35-39/h1-32,34-35H,33H2. The van der Waals surface area contributed by atoms with E-state index in [0.717, 1.165) is 6.42 Å². The zero-order valence-electron chi connectivity index (χ0n) is 31.3. The number of rotatable bonds is 4. The lowest BCUT2D eigenvalue weighted by Crippen LogP contribution is -1.96. The van der Waals surface area contributed by atoms with Gasteiger partial charge in [0.05, 0.1) is 0 Å². The maximum Gasteiger partial charge on any atom is -0.00132 e. The Balaban J connectivity index is 1.16. The summed E-state index contributed by atoms with van der Waals surface area (Å²) in [4.78, 5) is 0. The molecule has 0 N–H and O–H groups in total. The summed E-state index contributed by atoms with van der Waals surface area (Å²) in [7, 11) is 0. The third kappa shape index (κ3) is 4.87. The molecule has 1 aliphatic carbocycles. The van der Waals surface area contributed by atoms with Crippen molar-refractivity contribution in [1.29, 1.82) is 0 Å². The molecule has 57 heavy (non-hydrogen) atoms. The van der Waals surface area contributed by atoms with Crippen LogP contribution >= 0.6 is 0 Å². The van der Waals surface area contributed by atoms with Crippen molar-refractivity contribution in [3.05, 3.63) is 217 Å². The molecule has 1 aliphatic rings. The van der Waals surface area contributed by atoms with Crippen LogP contribution in [0.15, 0.2) is 206 Å². The molecular weight excluding hydrogens is 685 g/mol. The highest BCUT2D eigenvalue weighted by Crippen LogP contribution is 2.50.